The first-order chi connectivity index (χ1) is 6.66. The van der Waals surface area contributed by atoms with E-state index in [0.29, 0.717) is 0 Å². The van der Waals surface area contributed by atoms with Gasteiger partial charge in [0.05, 0.1) is 10.7 Å². The molecule has 0 saturated carbocycles. The number of aromatic nitrogens is 1. The van der Waals surface area contributed by atoms with Crippen molar-refractivity contribution in [3.8, 4) is 0 Å². The van der Waals surface area contributed by atoms with Gasteiger partial charge in [0.25, 0.3) is 0 Å². The first kappa shape index (κ1) is 12.9. The van der Waals surface area contributed by atoms with Crippen LogP contribution in [0.5, 0.6) is 0 Å². The van der Waals surface area contributed by atoms with Crippen molar-refractivity contribution in [2.75, 3.05) is 20.1 Å². The molecule has 0 spiro atoms. The number of nitrogens with one attached hydrogen (secondary N) is 1. The van der Waals surface area contributed by atoms with Crippen LogP contribution in [0, 0.1) is 13.8 Å². The third kappa shape index (κ3) is 2.91. The summed E-state index contributed by atoms with van der Waals surface area (Å²) in [6, 6.07) is 0.719. The molecule has 15 heavy (non-hydrogen) atoms. The van der Waals surface area contributed by atoms with Crippen LogP contribution in [0.4, 0.5) is 0 Å². The van der Waals surface area contributed by atoms with Crippen LogP contribution in [0.1, 0.15) is 15.6 Å². The van der Waals surface area contributed by atoms with Gasteiger partial charge in [-0.25, -0.2) is 4.98 Å². The van der Waals surface area contributed by atoms with Crippen LogP contribution >= 0.6 is 23.7 Å². The molecule has 0 radical (unpaired) electrons. The molecule has 0 bridgehead atoms. The zero-order valence-electron chi connectivity index (χ0n) is 9.41. The van der Waals surface area contributed by atoms with E-state index in [1.54, 1.807) is 0 Å². The van der Waals surface area contributed by atoms with Gasteiger partial charge >= 0.3 is 0 Å². The van der Waals surface area contributed by atoms with Crippen LogP contribution in [-0.4, -0.2) is 36.1 Å². The summed E-state index contributed by atoms with van der Waals surface area (Å²) in [5.41, 5.74) is 1.20. The van der Waals surface area contributed by atoms with Crippen molar-refractivity contribution in [3.63, 3.8) is 0 Å². The van der Waals surface area contributed by atoms with Gasteiger partial charge in [-0.2, -0.15) is 0 Å². The minimum atomic E-state index is 0. The average Bonchev–Trinajstić information content (AvgIpc) is 2.26. The molecule has 86 valence electrons. The first-order valence-corrected chi connectivity index (χ1v) is 5.82. The van der Waals surface area contributed by atoms with Gasteiger partial charge in [-0.15, -0.1) is 23.7 Å². The van der Waals surface area contributed by atoms with Crippen LogP contribution in [0.2, 0.25) is 0 Å². The Morgan fingerprint density at radius 3 is 2.53 bits per heavy atom. The molecule has 1 aromatic heterocycles. The van der Waals surface area contributed by atoms with Crippen LogP contribution in [-0.2, 0) is 6.54 Å². The summed E-state index contributed by atoms with van der Waals surface area (Å²) >= 11 is 1.82. The van der Waals surface area contributed by atoms with Crippen molar-refractivity contribution in [3.05, 3.63) is 15.6 Å². The van der Waals surface area contributed by atoms with Gasteiger partial charge in [0, 0.05) is 30.6 Å². The maximum atomic E-state index is 4.44. The van der Waals surface area contributed by atoms with E-state index in [1.807, 2.05) is 11.3 Å². The van der Waals surface area contributed by atoms with Crippen molar-refractivity contribution in [2.24, 2.45) is 0 Å². The molecular formula is C10H18ClN3S. The minimum Gasteiger partial charge on any atom is -0.314 e. The summed E-state index contributed by atoms with van der Waals surface area (Å²) in [6.07, 6.45) is 0. The molecule has 1 fully saturated rings. The van der Waals surface area contributed by atoms with E-state index >= 15 is 0 Å². The van der Waals surface area contributed by atoms with Crippen molar-refractivity contribution in [1.29, 1.82) is 0 Å². The van der Waals surface area contributed by atoms with Crippen molar-refractivity contribution in [1.82, 2.24) is 15.2 Å². The van der Waals surface area contributed by atoms with E-state index < -0.39 is 0 Å². The SMILES string of the molecule is Cc1nc(C)c(CN(C)C2CNC2)s1.Cl. The van der Waals surface area contributed by atoms with Crippen molar-refractivity contribution >= 4 is 23.7 Å². The van der Waals surface area contributed by atoms with E-state index in [4.69, 9.17) is 0 Å². The highest BCUT2D eigenvalue weighted by Crippen LogP contribution is 2.19. The van der Waals surface area contributed by atoms with E-state index in [9.17, 15) is 0 Å². The highest BCUT2D eigenvalue weighted by Gasteiger charge is 2.22. The molecule has 0 aromatic carbocycles. The second-order valence-electron chi connectivity index (χ2n) is 3.97. The second kappa shape index (κ2) is 5.25. The predicted molar refractivity (Wildman–Crippen MR) is 67.0 cm³/mol. The molecule has 1 aliphatic rings. The van der Waals surface area contributed by atoms with Gasteiger partial charge in [-0.1, -0.05) is 0 Å². The van der Waals surface area contributed by atoms with Gasteiger partial charge in [-0.05, 0) is 20.9 Å². The summed E-state index contributed by atoms with van der Waals surface area (Å²) in [4.78, 5) is 8.27. The lowest BCUT2D eigenvalue weighted by Crippen LogP contribution is -2.55. The molecule has 0 amide bonds. The Kier molecular flexibility index (Phi) is 4.52. The first-order valence-electron chi connectivity index (χ1n) is 5.00. The summed E-state index contributed by atoms with van der Waals surface area (Å²) < 4.78 is 0. The number of hydrogen-bond donors (Lipinski definition) is 1. The fraction of sp³-hybridized carbons (Fsp3) is 0.700. The molecule has 3 nitrogen and oxygen atoms in total. The third-order valence-electron chi connectivity index (χ3n) is 2.78. The highest BCUT2D eigenvalue weighted by molar-refractivity contribution is 7.11. The molecule has 1 N–H and O–H groups in total. The smallest absolute Gasteiger partial charge is 0.0900 e. The van der Waals surface area contributed by atoms with Crippen LogP contribution in [0.25, 0.3) is 0 Å². The van der Waals surface area contributed by atoms with E-state index in [0.717, 1.165) is 25.7 Å². The Morgan fingerprint density at radius 2 is 2.13 bits per heavy atom. The van der Waals surface area contributed by atoms with Crippen molar-refractivity contribution in [2.45, 2.75) is 26.4 Å². The third-order valence-corrected chi connectivity index (χ3v) is 3.83. The van der Waals surface area contributed by atoms with Crippen LogP contribution in [0.3, 0.4) is 0 Å². The van der Waals surface area contributed by atoms with E-state index in [-0.39, 0.29) is 12.4 Å². The molecule has 1 aromatic rings. The molecule has 0 unspecified atom stereocenters. The molecule has 0 aliphatic carbocycles. The molecule has 0 atom stereocenters. The highest BCUT2D eigenvalue weighted by atomic mass is 35.5. The fourth-order valence-electron chi connectivity index (χ4n) is 1.66. The van der Waals surface area contributed by atoms with E-state index in [2.05, 4.69) is 36.1 Å². The average molecular weight is 248 g/mol. The second-order valence-corrected chi connectivity index (χ2v) is 5.26. The molecule has 2 heterocycles. The lowest BCUT2D eigenvalue weighted by molar-refractivity contribution is 0.174. The summed E-state index contributed by atoms with van der Waals surface area (Å²) in [6.45, 7) is 7.49. The zero-order chi connectivity index (χ0) is 10.1. The van der Waals surface area contributed by atoms with E-state index in [1.165, 1.54) is 15.6 Å². The predicted octanol–water partition coefficient (Wildman–Crippen LogP) is 1.59. The Balaban J connectivity index is 0.00000112. The normalized spacial score (nSPS) is 16.3. The number of likely N-dealkylation sites (N-methyl/N-ethyl adjacent to an activating group) is 1. The molecule has 5 heteroatoms. The van der Waals surface area contributed by atoms with Gasteiger partial charge in [0.15, 0.2) is 0 Å². The number of hydrogen-bond acceptors (Lipinski definition) is 4. The fourth-order valence-corrected chi connectivity index (χ4v) is 2.66. The summed E-state index contributed by atoms with van der Waals surface area (Å²) in [5, 5.41) is 4.47. The van der Waals surface area contributed by atoms with Crippen LogP contribution in [0.15, 0.2) is 0 Å². The van der Waals surface area contributed by atoms with Crippen LogP contribution < -0.4 is 5.32 Å². The van der Waals surface area contributed by atoms with Gasteiger partial charge in [-0.3, -0.25) is 4.90 Å². The number of thiazole rings is 1. The molecular weight excluding hydrogens is 230 g/mol. The van der Waals surface area contributed by atoms with Gasteiger partial charge < -0.3 is 5.32 Å². The maximum Gasteiger partial charge on any atom is 0.0900 e. The monoisotopic (exact) mass is 247 g/mol. The number of nitrogens with zero attached hydrogens (tertiary/aromatic N) is 2. The lowest BCUT2D eigenvalue weighted by Gasteiger charge is -2.35. The quantitative estimate of drug-likeness (QED) is 0.879. The summed E-state index contributed by atoms with van der Waals surface area (Å²) in [7, 11) is 2.19. The molecule has 1 saturated heterocycles. The maximum absolute atomic E-state index is 4.44. The number of rotatable bonds is 3. The minimum absolute atomic E-state index is 0. The zero-order valence-corrected chi connectivity index (χ0v) is 11.0. The largest absolute Gasteiger partial charge is 0.314 e. The topological polar surface area (TPSA) is 28.2 Å². The van der Waals surface area contributed by atoms with Crippen molar-refractivity contribution < 1.29 is 0 Å². The Labute approximate surface area is 101 Å². The Bertz CT molecular complexity index is 322. The number of halogens is 1. The van der Waals surface area contributed by atoms with Gasteiger partial charge in [0.2, 0.25) is 0 Å². The number of aryl methyl sites for hydroxylation is 2. The lowest BCUT2D eigenvalue weighted by atomic mass is 10.1. The Morgan fingerprint density at radius 1 is 1.47 bits per heavy atom. The molecule has 1 aliphatic heterocycles. The van der Waals surface area contributed by atoms with Gasteiger partial charge in [0.1, 0.15) is 0 Å². The molecule has 2 rings (SSSR count). The Hall–Kier alpha value is -0.160. The standard InChI is InChI=1S/C10H17N3S.ClH/c1-7-10(14-8(2)12-7)6-13(3)9-4-11-5-9;/h9,11H,4-6H2,1-3H3;1H. The summed E-state index contributed by atoms with van der Waals surface area (Å²) in [5.74, 6) is 0.